The first-order chi connectivity index (χ1) is 13.1. The van der Waals surface area contributed by atoms with Gasteiger partial charge in [0.25, 0.3) is 5.91 Å². The molecule has 1 unspecified atom stereocenters. The van der Waals surface area contributed by atoms with Crippen LogP contribution in [0.4, 0.5) is 4.79 Å². The van der Waals surface area contributed by atoms with E-state index in [9.17, 15) is 9.59 Å². The predicted molar refractivity (Wildman–Crippen MR) is 106 cm³/mol. The summed E-state index contributed by atoms with van der Waals surface area (Å²) < 4.78 is 0.851. The summed E-state index contributed by atoms with van der Waals surface area (Å²) in [5, 5.41) is 5.35. The molecule has 5 rings (SSSR count). The van der Waals surface area contributed by atoms with Crippen LogP contribution < -0.4 is 10.6 Å². The Bertz CT molecular complexity index is 1120. The maximum Gasteiger partial charge on any atom is 0.322 e. The van der Waals surface area contributed by atoms with Crippen LogP contribution in [0.15, 0.2) is 71.2 Å². The van der Waals surface area contributed by atoms with Crippen molar-refractivity contribution in [3.8, 4) is 11.1 Å². The topological polar surface area (TPSA) is 58.2 Å². The molecule has 1 atom stereocenters. The van der Waals surface area contributed by atoms with Crippen molar-refractivity contribution in [1.82, 2.24) is 10.6 Å². The summed E-state index contributed by atoms with van der Waals surface area (Å²) in [5.74, 6) is -0.352. The van der Waals surface area contributed by atoms with Gasteiger partial charge in [-0.25, -0.2) is 4.79 Å². The molecule has 1 saturated heterocycles. The molecule has 132 valence electrons. The zero-order chi connectivity index (χ0) is 18.6. The normalized spacial score (nSPS) is 20.0. The Morgan fingerprint density at radius 3 is 2.44 bits per heavy atom. The lowest BCUT2D eigenvalue weighted by molar-refractivity contribution is -0.122. The fraction of sp³-hybridized carbons (Fsp3) is 0.0909. The fourth-order valence-electron chi connectivity index (χ4n) is 4.23. The SMILES string of the molecule is O=C1NC(=O)C(c2cccc(Br)c2)(c2cccc3c2Cc2ccccc2-3)N1. The fourth-order valence-corrected chi connectivity index (χ4v) is 4.63. The molecule has 4 nitrogen and oxygen atoms in total. The van der Waals surface area contributed by atoms with Crippen molar-refractivity contribution in [3.63, 3.8) is 0 Å². The smallest absolute Gasteiger partial charge is 0.316 e. The summed E-state index contributed by atoms with van der Waals surface area (Å²) in [4.78, 5) is 25.2. The minimum atomic E-state index is -1.24. The minimum Gasteiger partial charge on any atom is -0.316 e. The van der Waals surface area contributed by atoms with Crippen LogP contribution in [-0.4, -0.2) is 11.9 Å². The number of carbonyl (C=O) groups is 2. The molecule has 3 amide bonds. The second kappa shape index (κ2) is 5.79. The van der Waals surface area contributed by atoms with Crippen LogP contribution in [0.5, 0.6) is 0 Å². The molecule has 3 aromatic rings. The van der Waals surface area contributed by atoms with E-state index in [1.165, 1.54) is 11.1 Å². The molecule has 2 aliphatic rings. The Morgan fingerprint density at radius 1 is 0.889 bits per heavy atom. The molecule has 3 aromatic carbocycles. The molecule has 2 N–H and O–H groups in total. The Kier molecular flexibility index (Phi) is 3.49. The summed E-state index contributed by atoms with van der Waals surface area (Å²) in [6, 6.07) is 21.3. The molecule has 5 heteroatoms. The third-order valence-corrected chi connectivity index (χ3v) is 5.87. The number of rotatable bonds is 2. The number of benzene rings is 3. The van der Waals surface area contributed by atoms with E-state index in [4.69, 9.17) is 0 Å². The highest BCUT2D eigenvalue weighted by Crippen LogP contribution is 2.44. The molecular weight excluding hydrogens is 404 g/mol. The Balaban J connectivity index is 1.79. The molecule has 1 aliphatic carbocycles. The van der Waals surface area contributed by atoms with Crippen LogP contribution >= 0.6 is 15.9 Å². The summed E-state index contributed by atoms with van der Waals surface area (Å²) in [6.45, 7) is 0. The van der Waals surface area contributed by atoms with Gasteiger partial charge in [-0.15, -0.1) is 0 Å². The summed E-state index contributed by atoms with van der Waals surface area (Å²) >= 11 is 3.48. The van der Waals surface area contributed by atoms with Crippen LogP contribution in [0.1, 0.15) is 22.3 Å². The Labute approximate surface area is 164 Å². The van der Waals surface area contributed by atoms with Crippen molar-refractivity contribution in [2.45, 2.75) is 12.0 Å². The maximum atomic E-state index is 13.1. The van der Waals surface area contributed by atoms with Gasteiger partial charge in [0.05, 0.1) is 0 Å². The van der Waals surface area contributed by atoms with Gasteiger partial charge in [-0.05, 0) is 51.9 Å². The maximum absolute atomic E-state index is 13.1. The predicted octanol–water partition coefficient (Wildman–Crippen LogP) is 4.10. The molecule has 0 saturated carbocycles. The molecule has 0 radical (unpaired) electrons. The van der Waals surface area contributed by atoms with E-state index in [1.54, 1.807) is 0 Å². The van der Waals surface area contributed by atoms with Gasteiger partial charge in [-0.1, -0.05) is 70.5 Å². The number of carbonyl (C=O) groups excluding carboxylic acids is 2. The van der Waals surface area contributed by atoms with E-state index >= 15 is 0 Å². The van der Waals surface area contributed by atoms with Crippen LogP contribution in [0.3, 0.4) is 0 Å². The van der Waals surface area contributed by atoms with Gasteiger partial charge >= 0.3 is 6.03 Å². The van der Waals surface area contributed by atoms with Gasteiger partial charge < -0.3 is 5.32 Å². The van der Waals surface area contributed by atoms with Gasteiger partial charge in [0.15, 0.2) is 5.54 Å². The average Bonchev–Trinajstić information content (AvgIpc) is 3.19. The molecular formula is C22H15BrN2O2. The summed E-state index contributed by atoms with van der Waals surface area (Å²) in [7, 11) is 0. The van der Waals surface area contributed by atoms with Gasteiger partial charge in [0.2, 0.25) is 0 Å². The van der Waals surface area contributed by atoms with Crippen LogP contribution in [0.2, 0.25) is 0 Å². The summed E-state index contributed by atoms with van der Waals surface area (Å²) in [6.07, 6.45) is 0.737. The van der Waals surface area contributed by atoms with Crippen LogP contribution in [0, 0.1) is 0 Å². The highest BCUT2D eigenvalue weighted by Gasteiger charge is 2.51. The lowest BCUT2D eigenvalue weighted by Gasteiger charge is -2.29. The number of hydrogen-bond acceptors (Lipinski definition) is 2. The van der Waals surface area contributed by atoms with E-state index in [1.807, 2.05) is 48.5 Å². The molecule has 1 fully saturated rings. The van der Waals surface area contributed by atoms with E-state index in [0.717, 1.165) is 33.1 Å². The largest absolute Gasteiger partial charge is 0.322 e. The number of hydrogen-bond donors (Lipinski definition) is 2. The van der Waals surface area contributed by atoms with Gasteiger partial charge in [-0.2, -0.15) is 0 Å². The lowest BCUT2D eigenvalue weighted by Crippen LogP contribution is -2.45. The van der Waals surface area contributed by atoms with Crippen molar-refractivity contribution in [2.24, 2.45) is 0 Å². The average molecular weight is 419 g/mol. The highest BCUT2D eigenvalue weighted by atomic mass is 79.9. The zero-order valence-corrected chi connectivity index (χ0v) is 15.8. The van der Waals surface area contributed by atoms with Crippen molar-refractivity contribution >= 4 is 27.9 Å². The van der Waals surface area contributed by atoms with Crippen molar-refractivity contribution < 1.29 is 9.59 Å². The first-order valence-electron chi connectivity index (χ1n) is 8.70. The number of halogens is 1. The standard InChI is InChI=1S/C22H15BrN2O2/c23-15-7-3-6-14(12-15)22(20(26)24-21(27)25-22)19-10-4-9-17-16-8-2-1-5-13(16)11-18(17)19/h1-10,12H,11H2,(H2,24,25,26,27). The minimum absolute atomic E-state index is 0.352. The van der Waals surface area contributed by atoms with Gasteiger partial charge in [-0.3, -0.25) is 10.1 Å². The number of urea groups is 1. The number of nitrogens with one attached hydrogen (secondary N) is 2. The number of fused-ring (bicyclic) bond motifs is 3. The molecule has 27 heavy (non-hydrogen) atoms. The Morgan fingerprint density at radius 2 is 1.67 bits per heavy atom. The number of amides is 3. The molecule has 0 aromatic heterocycles. The highest BCUT2D eigenvalue weighted by molar-refractivity contribution is 9.10. The first kappa shape index (κ1) is 16.3. The lowest BCUT2D eigenvalue weighted by atomic mass is 9.79. The van der Waals surface area contributed by atoms with E-state index in [-0.39, 0.29) is 5.91 Å². The van der Waals surface area contributed by atoms with Crippen LogP contribution in [0.25, 0.3) is 11.1 Å². The third-order valence-electron chi connectivity index (χ3n) is 5.38. The monoisotopic (exact) mass is 418 g/mol. The molecule has 1 aliphatic heterocycles. The second-order valence-electron chi connectivity index (χ2n) is 6.83. The summed E-state index contributed by atoms with van der Waals surface area (Å²) in [5.41, 5.74) is 4.91. The first-order valence-corrected chi connectivity index (χ1v) is 9.49. The Hall–Kier alpha value is -2.92. The van der Waals surface area contributed by atoms with Crippen molar-refractivity contribution in [2.75, 3.05) is 0 Å². The third kappa shape index (κ3) is 2.28. The van der Waals surface area contributed by atoms with Crippen molar-refractivity contribution in [1.29, 1.82) is 0 Å². The quantitative estimate of drug-likeness (QED) is 0.481. The second-order valence-corrected chi connectivity index (χ2v) is 7.75. The molecule has 0 bridgehead atoms. The van der Waals surface area contributed by atoms with Crippen molar-refractivity contribution in [3.05, 3.63) is 93.5 Å². The molecule has 1 heterocycles. The van der Waals surface area contributed by atoms with E-state index in [0.29, 0.717) is 0 Å². The van der Waals surface area contributed by atoms with Gasteiger partial charge in [0, 0.05) is 4.47 Å². The van der Waals surface area contributed by atoms with Crippen LogP contribution in [-0.2, 0) is 16.8 Å². The van der Waals surface area contributed by atoms with E-state index < -0.39 is 11.6 Å². The zero-order valence-electron chi connectivity index (χ0n) is 14.3. The number of imide groups is 1. The van der Waals surface area contributed by atoms with Gasteiger partial charge in [0.1, 0.15) is 0 Å². The van der Waals surface area contributed by atoms with E-state index in [2.05, 4.69) is 44.8 Å². The molecule has 0 spiro atoms.